The Morgan fingerprint density at radius 1 is 1.47 bits per heavy atom. The minimum absolute atomic E-state index is 0.106. The van der Waals surface area contributed by atoms with Crippen LogP contribution in [0, 0.1) is 17.4 Å². The van der Waals surface area contributed by atoms with Crippen LogP contribution in [-0.4, -0.2) is 11.1 Å². The third-order valence-electron chi connectivity index (χ3n) is 2.78. The van der Waals surface area contributed by atoms with Gasteiger partial charge in [0.15, 0.2) is 0 Å². The van der Waals surface area contributed by atoms with Gasteiger partial charge in [0.2, 0.25) is 0 Å². The Labute approximate surface area is 133 Å². The first-order valence-corrected chi connectivity index (χ1v) is 7.51. The minimum atomic E-state index is -0.106. The zero-order chi connectivity index (χ0) is 14.0. The average Bonchev–Trinajstić information content (AvgIpc) is 2.69. The molecule has 19 heavy (non-hydrogen) atoms. The zero-order valence-electron chi connectivity index (χ0n) is 10.5. The van der Waals surface area contributed by atoms with Crippen LogP contribution >= 0.6 is 38.5 Å². The van der Waals surface area contributed by atoms with Crippen molar-refractivity contribution in [2.75, 3.05) is 0 Å². The lowest BCUT2D eigenvalue weighted by Gasteiger charge is -2.07. The van der Waals surface area contributed by atoms with Crippen LogP contribution in [0.5, 0.6) is 0 Å². The van der Waals surface area contributed by atoms with Crippen LogP contribution in [-0.2, 0) is 6.54 Å². The second-order valence-corrected chi connectivity index (χ2v) is 6.19. The largest absolute Gasteiger partial charge is 0.361 e. The lowest BCUT2D eigenvalue weighted by atomic mass is 10.2. The van der Waals surface area contributed by atoms with E-state index in [1.165, 1.54) is 0 Å². The smallest absolute Gasteiger partial charge is 0.252 e. The van der Waals surface area contributed by atoms with Crippen LogP contribution in [0.25, 0.3) is 0 Å². The quantitative estimate of drug-likeness (QED) is 0.751. The highest BCUT2D eigenvalue weighted by Gasteiger charge is 2.13. The molecule has 0 aliphatic rings. The molecule has 1 amide bonds. The van der Waals surface area contributed by atoms with Crippen LogP contribution in [0.15, 0.2) is 27.2 Å². The van der Waals surface area contributed by atoms with Gasteiger partial charge < -0.3 is 9.84 Å². The summed E-state index contributed by atoms with van der Waals surface area (Å²) in [7, 11) is 0. The molecule has 2 rings (SSSR count). The van der Waals surface area contributed by atoms with Gasteiger partial charge in [-0.05, 0) is 54.6 Å². The molecule has 0 unspecified atom stereocenters. The van der Waals surface area contributed by atoms with E-state index >= 15 is 0 Å². The van der Waals surface area contributed by atoms with Crippen LogP contribution < -0.4 is 5.32 Å². The van der Waals surface area contributed by atoms with Crippen molar-refractivity contribution in [2.45, 2.75) is 20.4 Å². The van der Waals surface area contributed by atoms with E-state index in [4.69, 9.17) is 4.52 Å². The molecule has 1 aromatic carbocycles. The topological polar surface area (TPSA) is 55.1 Å². The molecule has 2 aromatic rings. The first-order valence-electron chi connectivity index (χ1n) is 5.64. The molecule has 6 heteroatoms. The number of amides is 1. The molecule has 0 spiro atoms. The fraction of sp³-hybridized carbons (Fsp3) is 0.231. The van der Waals surface area contributed by atoms with Crippen molar-refractivity contribution in [1.82, 2.24) is 10.5 Å². The highest BCUT2D eigenvalue weighted by atomic mass is 127. The Bertz CT molecular complexity index is 606. The van der Waals surface area contributed by atoms with E-state index in [9.17, 15) is 4.79 Å². The fourth-order valence-electron chi connectivity index (χ4n) is 1.69. The lowest BCUT2D eigenvalue weighted by molar-refractivity contribution is 0.0950. The Kier molecular flexibility index (Phi) is 4.62. The summed E-state index contributed by atoms with van der Waals surface area (Å²) in [5.41, 5.74) is 2.39. The number of carbonyl (C=O) groups is 1. The second-order valence-electron chi connectivity index (χ2n) is 4.11. The molecule has 0 saturated heterocycles. The fourth-order valence-corrected chi connectivity index (χ4v) is 2.63. The van der Waals surface area contributed by atoms with Gasteiger partial charge in [-0.3, -0.25) is 4.79 Å². The van der Waals surface area contributed by atoms with Crippen molar-refractivity contribution in [2.24, 2.45) is 0 Å². The predicted molar refractivity (Wildman–Crippen MR) is 84.0 cm³/mol. The summed E-state index contributed by atoms with van der Waals surface area (Å²) < 4.78 is 6.86. The van der Waals surface area contributed by atoms with Crippen molar-refractivity contribution < 1.29 is 9.32 Å². The molecule has 0 radical (unpaired) electrons. The maximum Gasteiger partial charge on any atom is 0.252 e. The van der Waals surface area contributed by atoms with E-state index in [0.29, 0.717) is 12.1 Å². The predicted octanol–water partition coefficient (Wildman–Crippen LogP) is 3.59. The third-order valence-corrected chi connectivity index (χ3v) is 4.21. The zero-order valence-corrected chi connectivity index (χ0v) is 14.2. The van der Waals surface area contributed by atoms with Crippen molar-refractivity contribution in [3.63, 3.8) is 0 Å². The molecular formula is C13H12BrIN2O2. The maximum absolute atomic E-state index is 12.1. The van der Waals surface area contributed by atoms with Crippen LogP contribution in [0.2, 0.25) is 0 Å². The maximum atomic E-state index is 12.1. The molecule has 4 nitrogen and oxygen atoms in total. The summed E-state index contributed by atoms with van der Waals surface area (Å²) in [5, 5.41) is 6.75. The van der Waals surface area contributed by atoms with Gasteiger partial charge in [0.25, 0.3) is 5.91 Å². The molecular weight excluding hydrogens is 423 g/mol. The van der Waals surface area contributed by atoms with Crippen molar-refractivity contribution in [3.8, 4) is 0 Å². The first kappa shape index (κ1) is 14.5. The Hall–Kier alpha value is -0.890. The molecule has 0 fully saturated rings. The van der Waals surface area contributed by atoms with Crippen LogP contribution in [0.1, 0.15) is 27.4 Å². The molecule has 0 saturated carbocycles. The van der Waals surface area contributed by atoms with E-state index in [1.807, 2.05) is 32.0 Å². The van der Waals surface area contributed by atoms with Gasteiger partial charge in [-0.15, -0.1) is 0 Å². The van der Waals surface area contributed by atoms with E-state index in [0.717, 1.165) is 25.1 Å². The Balaban J connectivity index is 2.12. The van der Waals surface area contributed by atoms with E-state index in [-0.39, 0.29) is 5.91 Å². The molecule has 0 aliphatic carbocycles. The van der Waals surface area contributed by atoms with E-state index in [2.05, 4.69) is 49.0 Å². The van der Waals surface area contributed by atoms with Crippen molar-refractivity contribution >= 4 is 44.4 Å². The number of hydrogen-bond acceptors (Lipinski definition) is 3. The summed E-state index contributed by atoms with van der Waals surface area (Å²) in [6.07, 6.45) is 0. The van der Waals surface area contributed by atoms with Crippen LogP contribution in [0.4, 0.5) is 0 Å². The molecule has 100 valence electrons. The van der Waals surface area contributed by atoms with E-state index < -0.39 is 0 Å². The summed E-state index contributed by atoms with van der Waals surface area (Å²) in [6.45, 7) is 4.12. The van der Waals surface area contributed by atoms with Gasteiger partial charge in [-0.2, -0.15) is 0 Å². The monoisotopic (exact) mass is 434 g/mol. The SMILES string of the molecule is Cc1noc(C)c1CNC(=O)c1cc(Br)ccc1I. The summed E-state index contributed by atoms with van der Waals surface area (Å²) in [4.78, 5) is 12.1. The van der Waals surface area contributed by atoms with Gasteiger partial charge in [0.1, 0.15) is 5.76 Å². The molecule has 1 aromatic heterocycles. The van der Waals surface area contributed by atoms with Crippen LogP contribution in [0.3, 0.4) is 0 Å². The van der Waals surface area contributed by atoms with Gasteiger partial charge in [0.05, 0.1) is 11.3 Å². The molecule has 1 heterocycles. The molecule has 1 N–H and O–H groups in total. The molecule has 0 aliphatic heterocycles. The average molecular weight is 435 g/mol. The number of halogens is 2. The second kappa shape index (κ2) is 6.04. The van der Waals surface area contributed by atoms with Crippen molar-refractivity contribution in [3.05, 3.63) is 48.8 Å². The van der Waals surface area contributed by atoms with E-state index in [1.54, 1.807) is 0 Å². The number of hydrogen-bond donors (Lipinski definition) is 1. The highest BCUT2D eigenvalue weighted by Crippen LogP contribution is 2.19. The third kappa shape index (κ3) is 3.36. The number of nitrogens with zero attached hydrogens (tertiary/aromatic N) is 1. The standard InChI is InChI=1S/C13H12BrIN2O2/c1-7-11(8(2)19-17-7)6-16-13(18)10-5-9(14)3-4-12(10)15/h3-5H,6H2,1-2H3,(H,16,18). The molecule has 0 atom stereocenters. The first-order chi connectivity index (χ1) is 8.99. The minimum Gasteiger partial charge on any atom is -0.361 e. The number of rotatable bonds is 3. The Morgan fingerprint density at radius 3 is 2.84 bits per heavy atom. The number of aryl methyl sites for hydroxylation is 2. The van der Waals surface area contributed by atoms with Gasteiger partial charge in [-0.25, -0.2) is 0 Å². The molecule has 0 bridgehead atoms. The summed E-state index contributed by atoms with van der Waals surface area (Å²) >= 11 is 5.52. The van der Waals surface area contributed by atoms with Gasteiger partial charge in [-0.1, -0.05) is 21.1 Å². The number of aromatic nitrogens is 1. The number of carbonyl (C=O) groups excluding carboxylic acids is 1. The summed E-state index contributed by atoms with van der Waals surface area (Å²) in [5.74, 6) is 0.632. The van der Waals surface area contributed by atoms with Crippen molar-refractivity contribution in [1.29, 1.82) is 0 Å². The number of nitrogens with one attached hydrogen (secondary N) is 1. The Morgan fingerprint density at radius 2 is 2.21 bits per heavy atom. The number of benzene rings is 1. The lowest BCUT2D eigenvalue weighted by Crippen LogP contribution is -2.24. The van der Waals surface area contributed by atoms with Gasteiger partial charge in [0, 0.05) is 20.2 Å². The highest BCUT2D eigenvalue weighted by molar-refractivity contribution is 14.1. The summed E-state index contributed by atoms with van der Waals surface area (Å²) in [6, 6.07) is 5.62. The van der Waals surface area contributed by atoms with Gasteiger partial charge >= 0.3 is 0 Å². The normalized spacial score (nSPS) is 10.5.